The monoisotopic (exact) mass is 317 g/mol. The standard InChI is InChI=1S/C19H31N3O/c20-15-17-6-8-19(9-7-17)23-14-4-13-22-12-3-5-18(22)16-21-10-1-2-11-21/h6-9,18H,1-5,10-16,20H2/t18-/m0/s1. The van der Waals surface area contributed by atoms with E-state index >= 15 is 0 Å². The Morgan fingerprint density at radius 3 is 2.57 bits per heavy atom. The summed E-state index contributed by atoms with van der Waals surface area (Å²) in [5, 5.41) is 0. The molecule has 1 aromatic rings. The van der Waals surface area contributed by atoms with Crippen molar-refractivity contribution in [3.63, 3.8) is 0 Å². The van der Waals surface area contributed by atoms with Crippen LogP contribution >= 0.6 is 0 Å². The first-order valence-corrected chi connectivity index (χ1v) is 9.23. The number of likely N-dealkylation sites (tertiary alicyclic amines) is 2. The molecular weight excluding hydrogens is 286 g/mol. The van der Waals surface area contributed by atoms with E-state index in [1.165, 1.54) is 58.4 Å². The first kappa shape index (κ1) is 16.7. The van der Waals surface area contributed by atoms with E-state index in [-0.39, 0.29) is 0 Å². The Morgan fingerprint density at radius 2 is 1.83 bits per heavy atom. The lowest BCUT2D eigenvalue weighted by molar-refractivity contribution is 0.178. The van der Waals surface area contributed by atoms with E-state index in [9.17, 15) is 0 Å². The first-order valence-electron chi connectivity index (χ1n) is 9.23. The summed E-state index contributed by atoms with van der Waals surface area (Å²) in [6.07, 6.45) is 6.62. The summed E-state index contributed by atoms with van der Waals surface area (Å²) < 4.78 is 5.86. The third kappa shape index (κ3) is 4.93. The molecule has 3 rings (SSSR count). The minimum absolute atomic E-state index is 0.591. The maximum atomic E-state index is 5.86. The minimum atomic E-state index is 0.591. The van der Waals surface area contributed by atoms with Crippen molar-refractivity contribution in [1.29, 1.82) is 0 Å². The molecule has 128 valence electrons. The zero-order valence-corrected chi connectivity index (χ0v) is 14.3. The normalized spacial score (nSPS) is 22.7. The average Bonchev–Trinajstić information content (AvgIpc) is 3.25. The smallest absolute Gasteiger partial charge is 0.119 e. The molecule has 4 nitrogen and oxygen atoms in total. The third-order valence-electron chi connectivity index (χ3n) is 5.18. The van der Waals surface area contributed by atoms with Gasteiger partial charge in [0.05, 0.1) is 6.61 Å². The van der Waals surface area contributed by atoms with Gasteiger partial charge in [0.15, 0.2) is 0 Å². The molecule has 0 amide bonds. The van der Waals surface area contributed by atoms with Crippen LogP contribution in [0, 0.1) is 0 Å². The van der Waals surface area contributed by atoms with E-state index in [4.69, 9.17) is 10.5 Å². The molecule has 2 saturated heterocycles. The van der Waals surface area contributed by atoms with Gasteiger partial charge < -0.3 is 15.4 Å². The fourth-order valence-corrected chi connectivity index (χ4v) is 3.84. The molecule has 2 aliphatic heterocycles. The van der Waals surface area contributed by atoms with Gasteiger partial charge in [-0.15, -0.1) is 0 Å². The van der Waals surface area contributed by atoms with Crippen LogP contribution in [0.15, 0.2) is 24.3 Å². The van der Waals surface area contributed by atoms with Crippen LogP contribution in [-0.4, -0.2) is 55.2 Å². The predicted octanol–water partition coefficient (Wildman–Crippen LogP) is 2.47. The van der Waals surface area contributed by atoms with Crippen LogP contribution in [0.5, 0.6) is 5.75 Å². The molecule has 2 N–H and O–H groups in total. The highest BCUT2D eigenvalue weighted by Gasteiger charge is 2.26. The molecule has 0 aromatic heterocycles. The van der Waals surface area contributed by atoms with Gasteiger partial charge in [0.1, 0.15) is 5.75 Å². The average molecular weight is 317 g/mol. The number of nitrogens with zero attached hydrogens (tertiary/aromatic N) is 2. The third-order valence-corrected chi connectivity index (χ3v) is 5.18. The largest absolute Gasteiger partial charge is 0.494 e. The molecule has 0 unspecified atom stereocenters. The van der Waals surface area contributed by atoms with Crippen molar-refractivity contribution < 1.29 is 4.74 Å². The molecule has 2 heterocycles. The summed E-state index contributed by atoms with van der Waals surface area (Å²) in [5.41, 5.74) is 6.76. The summed E-state index contributed by atoms with van der Waals surface area (Å²) in [6.45, 7) is 7.73. The molecule has 0 bridgehead atoms. The van der Waals surface area contributed by atoms with Crippen LogP contribution in [0.2, 0.25) is 0 Å². The minimum Gasteiger partial charge on any atom is -0.494 e. The lowest BCUT2D eigenvalue weighted by atomic mass is 10.2. The Kier molecular flexibility index (Phi) is 6.31. The first-order chi connectivity index (χ1) is 11.3. The van der Waals surface area contributed by atoms with Crippen LogP contribution in [0.4, 0.5) is 0 Å². The van der Waals surface area contributed by atoms with E-state index in [0.29, 0.717) is 6.54 Å². The Balaban J connectivity index is 1.35. The van der Waals surface area contributed by atoms with Gasteiger partial charge in [0.2, 0.25) is 0 Å². The van der Waals surface area contributed by atoms with E-state index < -0.39 is 0 Å². The van der Waals surface area contributed by atoms with Crippen molar-refractivity contribution in [3.8, 4) is 5.75 Å². The maximum Gasteiger partial charge on any atom is 0.119 e. The van der Waals surface area contributed by atoms with Gasteiger partial charge in [-0.3, -0.25) is 4.90 Å². The van der Waals surface area contributed by atoms with Gasteiger partial charge in [-0.1, -0.05) is 12.1 Å². The molecule has 2 fully saturated rings. The van der Waals surface area contributed by atoms with Crippen LogP contribution in [0.1, 0.15) is 37.7 Å². The lowest BCUT2D eigenvalue weighted by Gasteiger charge is -2.28. The number of ether oxygens (including phenoxy) is 1. The van der Waals surface area contributed by atoms with Crippen molar-refractivity contribution in [1.82, 2.24) is 9.80 Å². The van der Waals surface area contributed by atoms with Gasteiger partial charge in [0.25, 0.3) is 0 Å². The number of benzene rings is 1. The maximum absolute atomic E-state index is 5.86. The SMILES string of the molecule is NCc1ccc(OCCCN2CCC[C@H]2CN2CCCC2)cc1. The highest BCUT2D eigenvalue weighted by Crippen LogP contribution is 2.20. The fraction of sp³-hybridized carbons (Fsp3) is 0.684. The molecule has 0 radical (unpaired) electrons. The topological polar surface area (TPSA) is 41.7 Å². The van der Waals surface area contributed by atoms with Crippen molar-refractivity contribution in [3.05, 3.63) is 29.8 Å². The van der Waals surface area contributed by atoms with Gasteiger partial charge >= 0.3 is 0 Å². The lowest BCUT2D eigenvalue weighted by Crippen LogP contribution is -2.40. The summed E-state index contributed by atoms with van der Waals surface area (Å²) in [7, 11) is 0. The molecule has 0 saturated carbocycles. The number of nitrogens with two attached hydrogens (primary N) is 1. The zero-order valence-electron chi connectivity index (χ0n) is 14.3. The molecule has 0 spiro atoms. The van der Waals surface area contributed by atoms with Gasteiger partial charge in [-0.25, -0.2) is 0 Å². The van der Waals surface area contributed by atoms with Gasteiger partial charge in [-0.05, 0) is 69.4 Å². The van der Waals surface area contributed by atoms with E-state index in [0.717, 1.165) is 30.4 Å². The molecule has 23 heavy (non-hydrogen) atoms. The summed E-state index contributed by atoms with van der Waals surface area (Å²) in [5.74, 6) is 0.956. The molecule has 2 aliphatic rings. The van der Waals surface area contributed by atoms with Gasteiger partial charge in [-0.2, -0.15) is 0 Å². The Morgan fingerprint density at radius 1 is 1.04 bits per heavy atom. The summed E-state index contributed by atoms with van der Waals surface area (Å²) in [4.78, 5) is 5.33. The second-order valence-corrected chi connectivity index (χ2v) is 6.89. The molecule has 1 atom stereocenters. The highest BCUT2D eigenvalue weighted by molar-refractivity contribution is 5.27. The van der Waals surface area contributed by atoms with E-state index in [2.05, 4.69) is 9.80 Å². The Labute approximate surface area is 140 Å². The second-order valence-electron chi connectivity index (χ2n) is 6.89. The number of rotatable bonds is 8. The van der Waals surface area contributed by atoms with Crippen molar-refractivity contribution >= 4 is 0 Å². The Bertz CT molecular complexity index is 456. The number of hydrogen-bond acceptors (Lipinski definition) is 4. The van der Waals surface area contributed by atoms with E-state index in [1.807, 2.05) is 24.3 Å². The van der Waals surface area contributed by atoms with Crippen molar-refractivity contribution in [2.24, 2.45) is 5.73 Å². The molecule has 1 aromatic carbocycles. The van der Waals surface area contributed by atoms with Crippen LogP contribution < -0.4 is 10.5 Å². The fourth-order valence-electron chi connectivity index (χ4n) is 3.84. The highest BCUT2D eigenvalue weighted by atomic mass is 16.5. The van der Waals surface area contributed by atoms with E-state index in [1.54, 1.807) is 0 Å². The Hall–Kier alpha value is -1.10. The molecular formula is C19H31N3O. The molecule has 4 heteroatoms. The van der Waals surface area contributed by atoms with Crippen LogP contribution in [-0.2, 0) is 6.54 Å². The van der Waals surface area contributed by atoms with Crippen molar-refractivity contribution in [2.45, 2.75) is 44.7 Å². The number of hydrogen-bond donors (Lipinski definition) is 1. The summed E-state index contributed by atoms with van der Waals surface area (Å²) >= 11 is 0. The van der Waals surface area contributed by atoms with Crippen LogP contribution in [0.3, 0.4) is 0 Å². The van der Waals surface area contributed by atoms with Gasteiger partial charge in [0, 0.05) is 25.7 Å². The molecule has 0 aliphatic carbocycles. The van der Waals surface area contributed by atoms with Crippen molar-refractivity contribution in [2.75, 3.05) is 39.3 Å². The quantitative estimate of drug-likeness (QED) is 0.748. The second kappa shape index (κ2) is 8.67. The predicted molar refractivity (Wildman–Crippen MR) is 94.7 cm³/mol. The zero-order chi connectivity index (χ0) is 15.9. The summed E-state index contributed by atoms with van der Waals surface area (Å²) in [6, 6.07) is 8.91. The van der Waals surface area contributed by atoms with Crippen LogP contribution in [0.25, 0.3) is 0 Å².